The first-order chi connectivity index (χ1) is 12.8. The van der Waals surface area contributed by atoms with E-state index in [1.807, 2.05) is 22.2 Å². The van der Waals surface area contributed by atoms with Crippen molar-refractivity contribution in [2.24, 2.45) is 0 Å². The van der Waals surface area contributed by atoms with E-state index in [0.717, 1.165) is 61.4 Å². The smallest absolute Gasteiger partial charge is 0.146 e. The molecule has 4 heterocycles. The average molecular weight is 369 g/mol. The van der Waals surface area contributed by atoms with Crippen molar-refractivity contribution in [3.05, 3.63) is 28.7 Å². The van der Waals surface area contributed by atoms with Crippen LogP contribution in [0.25, 0.3) is 10.2 Å². The van der Waals surface area contributed by atoms with Crippen LogP contribution < -0.4 is 5.73 Å². The van der Waals surface area contributed by atoms with Gasteiger partial charge >= 0.3 is 0 Å². The number of piperidine rings is 1. The van der Waals surface area contributed by atoms with E-state index in [1.54, 1.807) is 6.20 Å². The molecule has 0 amide bonds. The van der Waals surface area contributed by atoms with Crippen LogP contribution in [0, 0.1) is 0 Å². The molecular formula is C18H23N7S. The Kier molecular flexibility index (Phi) is 4.09. The highest BCUT2D eigenvalue weighted by atomic mass is 32.1. The number of aryl methyl sites for hydroxylation is 2. The van der Waals surface area contributed by atoms with Crippen molar-refractivity contribution < 1.29 is 0 Å². The Morgan fingerprint density at radius 2 is 2.12 bits per heavy atom. The number of hydrogen-bond acceptors (Lipinski definition) is 7. The fraction of sp³-hybridized carbons (Fsp3) is 0.556. The van der Waals surface area contributed by atoms with Gasteiger partial charge < -0.3 is 5.73 Å². The van der Waals surface area contributed by atoms with E-state index in [1.165, 1.54) is 23.3 Å². The molecule has 0 radical (unpaired) electrons. The highest BCUT2D eigenvalue weighted by Crippen LogP contribution is 2.37. The highest BCUT2D eigenvalue weighted by Gasteiger charge is 2.24. The molecule has 136 valence electrons. The molecule has 0 bridgehead atoms. The molecule has 5 rings (SSSR count). The maximum atomic E-state index is 6.35. The molecule has 2 aliphatic rings. The van der Waals surface area contributed by atoms with E-state index < -0.39 is 0 Å². The van der Waals surface area contributed by atoms with Gasteiger partial charge in [-0.25, -0.2) is 14.6 Å². The molecule has 1 aliphatic carbocycles. The molecule has 8 heteroatoms. The molecule has 2 N–H and O–H groups in total. The van der Waals surface area contributed by atoms with Crippen LogP contribution in [0.1, 0.15) is 48.0 Å². The third-order valence-corrected chi connectivity index (χ3v) is 6.74. The van der Waals surface area contributed by atoms with E-state index in [4.69, 9.17) is 10.7 Å². The molecule has 0 spiro atoms. The van der Waals surface area contributed by atoms with Crippen LogP contribution in [0.4, 0.5) is 5.82 Å². The van der Waals surface area contributed by atoms with Crippen LogP contribution in [-0.2, 0) is 19.4 Å². The quantitative estimate of drug-likeness (QED) is 0.764. The Balaban J connectivity index is 1.39. The zero-order valence-corrected chi connectivity index (χ0v) is 15.6. The molecular weight excluding hydrogens is 346 g/mol. The van der Waals surface area contributed by atoms with Crippen LogP contribution in [0.5, 0.6) is 0 Å². The number of thiophene rings is 1. The molecule has 1 saturated heterocycles. The number of hydrogen-bond donors (Lipinski definition) is 1. The standard InChI is InChI=1S/C18H23N7S/c19-17-16-13-5-1-2-6-14(13)26-18(16)22-15(21-17)11-24-8-3-4-12(10-24)25-9-7-20-23-25/h7,9,12H,1-6,8,10-11H2,(H2,19,21,22). The van der Waals surface area contributed by atoms with Crippen LogP contribution in [-0.4, -0.2) is 43.0 Å². The summed E-state index contributed by atoms with van der Waals surface area (Å²) in [5.74, 6) is 1.50. The Morgan fingerprint density at radius 1 is 1.19 bits per heavy atom. The summed E-state index contributed by atoms with van der Waals surface area (Å²) in [7, 11) is 0. The van der Waals surface area contributed by atoms with Crippen molar-refractivity contribution in [3.8, 4) is 0 Å². The predicted molar refractivity (Wildman–Crippen MR) is 102 cm³/mol. The number of likely N-dealkylation sites (tertiary alicyclic amines) is 1. The van der Waals surface area contributed by atoms with E-state index in [2.05, 4.69) is 20.2 Å². The largest absolute Gasteiger partial charge is 0.383 e. The van der Waals surface area contributed by atoms with Gasteiger partial charge in [-0.3, -0.25) is 4.90 Å². The fourth-order valence-corrected chi connectivity index (χ4v) is 5.59. The Bertz CT molecular complexity index is 917. The lowest BCUT2D eigenvalue weighted by molar-refractivity contribution is 0.159. The van der Waals surface area contributed by atoms with E-state index in [0.29, 0.717) is 11.9 Å². The van der Waals surface area contributed by atoms with E-state index in [9.17, 15) is 0 Å². The first kappa shape index (κ1) is 16.1. The van der Waals surface area contributed by atoms with E-state index in [-0.39, 0.29) is 0 Å². The van der Waals surface area contributed by atoms with Gasteiger partial charge in [0.25, 0.3) is 0 Å². The number of nitrogens with zero attached hydrogens (tertiary/aromatic N) is 6. The van der Waals surface area contributed by atoms with Crippen molar-refractivity contribution in [3.63, 3.8) is 0 Å². The second-order valence-corrected chi connectivity index (χ2v) is 8.41. The average Bonchev–Trinajstić information content (AvgIpc) is 3.29. The molecule has 1 fully saturated rings. The minimum absolute atomic E-state index is 0.376. The molecule has 1 aliphatic heterocycles. The number of fused-ring (bicyclic) bond motifs is 3. The van der Waals surface area contributed by atoms with Crippen molar-refractivity contribution >= 4 is 27.4 Å². The van der Waals surface area contributed by atoms with Crippen LogP contribution in [0.2, 0.25) is 0 Å². The van der Waals surface area contributed by atoms with Crippen molar-refractivity contribution in [1.82, 2.24) is 29.9 Å². The lowest BCUT2D eigenvalue weighted by Gasteiger charge is -2.31. The summed E-state index contributed by atoms with van der Waals surface area (Å²) in [4.78, 5) is 14.5. The lowest BCUT2D eigenvalue weighted by Crippen LogP contribution is -2.36. The molecule has 26 heavy (non-hydrogen) atoms. The number of anilines is 1. The van der Waals surface area contributed by atoms with Gasteiger partial charge in [-0.15, -0.1) is 16.4 Å². The summed E-state index contributed by atoms with van der Waals surface area (Å²) in [5.41, 5.74) is 7.76. The zero-order chi connectivity index (χ0) is 17.5. The topological polar surface area (TPSA) is 85.8 Å². The van der Waals surface area contributed by atoms with E-state index >= 15 is 0 Å². The molecule has 1 unspecified atom stereocenters. The van der Waals surface area contributed by atoms with Gasteiger partial charge in [0.2, 0.25) is 0 Å². The third kappa shape index (κ3) is 2.87. The minimum Gasteiger partial charge on any atom is -0.383 e. The summed E-state index contributed by atoms with van der Waals surface area (Å²) in [6.45, 7) is 2.76. The second-order valence-electron chi connectivity index (χ2n) is 7.33. The maximum Gasteiger partial charge on any atom is 0.146 e. The highest BCUT2D eigenvalue weighted by molar-refractivity contribution is 7.19. The van der Waals surface area contributed by atoms with Crippen LogP contribution in [0.3, 0.4) is 0 Å². The van der Waals surface area contributed by atoms with Crippen molar-refractivity contribution in [2.75, 3.05) is 18.8 Å². The predicted octanol–water partition coefficient (Wildman–Crippen LogP) is 2.58. The number of nitrogens with two attached hydrogens (primary N) is 1. The number of aromatic nitrogens is 5. The van der Waals surface area contributed by atoms with Gasteiger partial charge in [0.05, 0.1) is 24.2 Å². The van der Waals surface area contributed by atoms with Gasteiger partial charge in [0.15, 0.2) is 0 Å². The van der Waals surface area contributed by atoms with Gasteiger partial charge in [-0.1, -0.05) is 5.21 Å². The van der Waals surface area contributed by atoms with Gasteiger partial charge in [-0.05, 0) is 50.6 Å². The van der Waals surface area contributed by atoms with Crippen molar-refractivity contribution in [2.45, 2.75) is 51.1 Å². The van der Waals surface area contributed by atoms with Crippen LogP contribution in [0.15, 0.2) is 12.4 Å². The fourth-order valence-electron chi connectivity index (χ4n) is 4.31. The summed E-state index contributed by atoms with van der Waals surface area (Å²) in [6.07, 6.45) is 10.8. The monoisotopic (exact) mass is 369 g/mol. The third-order valence-electron chi connectivity index (χ3n) is 5.55. The Hall–Kier alpha value is -2.06. The Labute approximate surface area is 156 Å². The molecule has 3 aromatic heterocycles. The second kappa shape index (κ2) is 6.59. The zero-order valence-electron chi connectivity index (χ0n) is 14.8. The summed E-state index contributed by atoms with van der Waals surface area (Å²) < 4.78 is 1.97. The molecule has 7 nitrogen and oxygen atoms in total. The SMILES string of the molecule is Nc1nc(CN2CCCC(n3ccnn3)C2)nc2sc3c(c12)CCCC3. The minimum atomic E-state index is 0.376. The molecule has 3 aromatic rings. The van der Waals surface area contributed by atoms with Gasteiger partial charge in [0, 0.05) is 17.6 Å². The normalized spacial score (nSPS) is 21.2. The number of rotatable bonds is 3. The maximum absolute atomic E-state index is 6.35. The van der Waals surface area contributed by atoms with Crippen LogP contribution >= 0.6 is 11.3 Å². The number of nitrogen functional groups attached to an aromatic ring is 1. The molecule has 0 saturated carbocycles. The first-order valence-electron chi connectivity index (χ1n) is 9.43. The summed E-state index contributed by atoms with van der Waals surface area (Å²) in [6, 6.07) is 0.376. The summed E-state index contributed by atoms with van der Waals surface area (Å²) in [5, 5.41) is 9.22. The Morgan fingerprint density at radius 3 is 3.00 bits per heavy atom. The molecule has 0 aromatic carbocycles. The molecule has 1 atom stereocenters. The van der Waals surface area contributed by atoms with Gasteiger partial charge in [-0.2, -0.15) is 0 Å². The lowest BCUT2D eigenvalue weighted by atomic mass is 9.97. The summed E-state index contributed by atoms with van der Waals surface area (Å²) >= 11 is 1.82. The van der Waals surface area contributed by atoms with Crippen molar-refractivity contribution in [1.29, 1.82) is 0 Å². The first-order valence-corrected chi connectivity index (χ1v) is 10.2. The van der Waals surface area contributed by atoms with Gasteiger partial charge in [0.1, 0.15) is 16.5 Å².